The molecule has 0 unspecified atom stereocenters. The summed E-state index contributed by atoms with van der Waals surface area (Å²) in [6.45, 7) is 3.47. The molecule has 2 N–H and O–H groups in total. The van der Waals surface area contributed by atoms with Crippen LogP contribution >= 0.6 is 0 Å². The van der Waals surface area contributed by atoms with Crippen LogP contribution < -0.4 is 15.4 Å². The molecule has 3 heterocycles. The van der Waals surface area contributed by atoms with Crippen LogP contribution in [0.5, 0.6) is 6.01 Å². The van der Waals surface area contributed by atoms with Crippen LogP contribution in [0.1, 0.15) is 36.2 Å². The van der Waals surface area contributed by atoms with Gasteiger partial charge >= 0.3 is 18.4 Å². The van der Waals surface area contributed by atoms with Crippen LogP contribution in [0.25, 0.3) is 0 Å². The standard InChI is InChI=1S/C25H28F6N8O2/c1-15-12-16(2)39(37-15)11-8-20(40)38-9-6-18(7-10-38)32-21-34-22(36-23(35-21)41-14-24(26,27)28)33-19-5-3-4-17(13-19)25(29,30)31/h3-5,12-13,18H,6-11,14H2,1-2H3,(H2,32,33,34,35,36). The largest absolute Gasteiger partial charge is 0.454 e. The summed E-state index contributed by atoms with van der Waals surface area (Å²) in [4.78, 5) is 26.2. The number of amides is 1. The summed E-state index contributed by atoms with van der Waals surface area (Å²) in [7, 11) is 0. The second-order valence-corrected chi connectivity index (χ2v) is 9.57. The number of aryl methyl sites for hydroxylation is 3. The van der Waals surface area contributed by atoms with Crippen molar-refractivity contribution in [2.24, 2.45) is 0 Å². The van der Waals surface area contributed by atoms with Gasteiger partial charge in [0, 0.05) is 43.5 Å². The van der Waals surface area contributed by atoms with Crippen molar-refractivity contribution in [3.8, 4) is 6.01 Å². The fourth-order valence-electron chi connectivity index (χ4n) is 4.31. The molecule has 1 aliphatic rings. The van der Waals surface area contributed by atoms with E-state index in [0.717, 1.165) is 23.5 Å². The highest BCUT2D eigenvalue weighted by molar-refractivity contribution is 5.76. The van der Waals surface area contributed by atoms with E-state index in [4.69, 9.17) is 0 Å². The third kappa shape index (κ3) is 8.69. The Morgan fingerprint density at radius 3 is 2.37 bits per heavy atom. The topological polar surface area (TPSA) is 110 Å². The molecule has 222 valence electrons. The van der Waals surface area contributed by atoms with Crippen molar-refractivity contribution >= 4 is 23.5 Å². The third-order valence-electron chi connectivity index (χ3n) is 6.25. The summed E-state index contributed by atoms with van der Waals surface area (Å²) in [5.41, 5.74) is 0.877. The Labute approximate surface area is 231 Å². The van der Waals surface area contributed by atoms with Crippen LogP contribution in [0.2, 0.25) is 0 Å². The van der Waals surface area contributed by atoms with Gasteiger partial charge in [-0.15, -0.1) is 0 Å². The van der Waals surface area contributed by atoms with Gasteiger partial charge < -0.3 is 20.3 Å². The van der Waals surface area contributed by atoms with Gasteiger partial charge in [0.1, 0.15) is 0 Å². The van der Waals surface area contributed by atoms with Crippen molar-refractivity contribution in [3.05, 3.63) is 47.3 Å². The molecule has 1 amide bonds. The maximum atomic E-state index is 13.1. The number of halogens is 6. The van der Waals surface area contributed by atoms with Crippen molar-refractivity contribution in [2.45, 2.75) is 58.0 Å². The molecule has 3 aromatic rings. The number of benzene rings is 1. The number of rotatable bonds is 9. The highest BCUT2D eigenvalue weighted by atomic mass is 19.4. The SMILES string of the molecule is Cc1cc(C)n(CCC(=O)N2CCC(Nc3nc(Nc4cccc(C(F)(F)F)c4)nc(OCC(F)(F)F)n3)CC2)n1. The van der Waals surface area contributed by atoms with Crippen molar-refractivity contribution in [1.29, 1.82) is 0 Å². The Morgan fingerprint density at radius 2 is 1.73 bits per heavy atom. The number of nitrogens with zero attached hydrogens (tertiary/aromatic N) is 6. The van der Waals surface area contributed by atoms with Crippen molar-refractivity contribution < 1.29 is 35.9 Å². The highest BCUT2D eigenvalue weighted by Gasteiger charge is 2.31. The minimum atomic E-state index is -4.66. The summed E-state index contributed by atoms with van der Waals surface area (Å²) >= 11 is 0. The number of nitrogens with one attached hydrogen (secondary N) is 2. The van der Waals surface area contributed by atoms with Crippen LogP contribution in [0.15, 0.2) is 30.3 Å². The van der Waals surface area contributed by atoms with Crippen LogP contribution in [-0.2, 0) is 17.5 Å². The molecule has 1 fully saturated rings. The number of aromatic nitrogens is 5. The smallest absolute Gasteiger partial charge is 0.422 e. The molecular weight excluding hydrogens is 558 g/mol. The molecule has 0 atom stereocenters. The first kappa shape index (κ1) is 29.9. The number of hydrogen-bond acceptors (Lipinski definition) is 8. The summed E-state index contributed by atoms with van der Waals surface area (Å²) in [5, 5.41) is 9.93. The van der Waals surface area contributed by atoms with E-state index in [1.807, 2.05) is 19.9 Å². The highest BCUT2D eigenvalue weighted by Crippen LogP contribution is 2.31. The number of carbonyl (C=O) groups is 1. The van der Waals surface area contributed by atoms with E-state index in [0.29, 0.717) is 32.5 Å². The molecular formula is C25H28F6N8O2. The molecule has 0 radical (unpaired) electrons. The molecule has 41 heavy (non-hydrogen) atoms. The summed E-state index contributed by atoms with van der Waals surface area (Å²) in [6, 6.07) is 5.22. The van der Waals surface area contributed by atoms with Gasteiger partial charge in [-0.25, -0.2) is 0 Å². The number of hydrogen-bond donors (Lipinski definition) is 2. The Morgan fingerprint density at radius 1 is 1.02 bits per heavy atom. The van der Waals surface area contributed by atoms with Gasteiger partial charge in [0.15, 0.2) is 6.61 Å². The molecule has 16 heteroatoms. The zero-order chi connectivity index (χ0) is 29.8. The fraction of sp³-hybridized carbons (Fsp3) is 0.480. The lowest BCUT2D eigenvalue weighted by molar-refractivity contribution is -0.154. The first-order chi connectivity index (χ1) is 19.2. The van der Waals surface area contributed by atoms with E-state index in [1.165, 1.54) is 12.1 Å². The van der Waals surface area contributed by atoms with Gasteiger partial charge in [0.05, 0.1) is 11.3 Å². The van der Waals surface area contributed by atoms with Crippen molar-refractivity contribution in [3.63, 3.8) is 0 Å². The van der Waals surface area contributed by atoms with Crippen LogP contribution in [-0.4, -0.2) is 67.5 Å². The molecule has 1 aromatic carbocycles. The molecule has 0 saturated carbocycles. The molecule has 4 rings (SSSR count). The van der Waals surface area contributed by atoms with E-state index < -0.39 is 30.5 Å². The Balaban J connectivity index is 1.40. The molecule has 2 aromatic heterocycles. The Kier molecular flexibility index (Phi) is 8.87. The number of piperidine rings is 1. The average molecular weight is 587 g/mol. The van der Waals surface area contributed by atoms with E-state index in [1.54, 1.807) is 9.58 Å². The van der Waals surface area contributed by atoms with Crippen molar-refractivity contribution in [1.82, 2.24) is 29.6 Å². The molecule has 0 spiro atoms. The van der Waals surface area contributed by atoms with Gasteiger partial charge in [0.2, 0.25) is 17.8 Å². The zero-order valence-corrected chi connectivity index (χ0v) is 22.2. The minimum Gasteiger partial charge on any atom is -0.454 e. The lowest BCUT2D eigenvalue weighted by Gasteiger charge is -2.32. The summed E-state index contributed by atoms with van der Waals surface area (Å²) < 4.78 is 83.9. The number of alkyl halides is 6. The van der Waals surface area contributed by atoms with Gasteiger partial charge in [0.25, 0.3) is 0 Å². The molecule has 1 saturated heterocycles. The quantitative estimate of drug-likeness (QED) is 0.342. The number of carbonyl (C=O) groups excluding carboxylic acids is 1. The van der Waals surface area contributed by atoms with Crippen LogP contribution in [0.3, 0.4) is 0 Å². The van der Waals surface area contributed by atoms with E-state index in [2.05, 4.69) is 35.4 Å². The lowest BCUT2D eigenvalue weighted by Crippen LogP contribution is -2.42. The Bertz CT molecular complexity index is 1350. The molecule has 0 aliphatic carbocycles. The van der Waals surface area contributed by atoms with E-state index in [-0.39, 0.29) is 36.0 Å². The predicted molar refractivity (Wildman–Crippen MR) is 136 cm³/mol. The van der Waals surface area contributed by atoms with Gasteiger partial charge in [-0.1, -0.05) is 6.07 Å². The normalized spacial score (nSPS) is 14.7. The molecule has 1 aliphatic heterocycles. The van der Waals surface area contributed by atoms with Crippen molar-refractivity contribution in [2.75, 3.05) is 30.3 Å². The maximum absolute atomic E-state index is 13.1. The summed E-state index contributed by atoms with van der Waals surface area (Å²) in [6.07, 6.45) is -7.96. The number of ether oxygens (including phenoxy) is 1. The summed E-state index contributed by atoms with van der Waals surface area (Å²) in [5.74, 6) is -0.455. The Hall–Kier alpha value is -4.11. The number of anilines is 3. The average Bonchev–Trinajstić information content (AvgIpc) is 3.22. The first-order valence-corrected chi connectivity index (χ1v) is 12.7. The predicted octanol–water partition coefficient (Wildman–Crippen LogP) is 4.88. The zero-order valence-electron chi connectivity index (χ0n) is 22.2. The minimum absolute atomic E-state index is 0.0217. The van der Waals surface area contributed by atoms with Gasteiger partial charge in [-0.2, -0.15) is 46.4 Å². The van der Waals surface area contributed by atoms with E-state index in [9.17, 15) is 31.1 Å². The monoisotopic (exact) mass is 586 g/mol. The fourth-order valence-corrected chi connectivity index (χ4v) is 4.31. The van der Waals surface area contributed by atoms with Crippen LogP contribution in [0, 0.1) is 13.8 Å². The molecule has 0 bridgehead atoms. The lowest BCUT2D eigenvalue weighted by atomic mass is 10.0. The van der Waals surface area contributed by atoms with Gasteiger partial charge in [-0.3, -0.25) is 9.48 Å². The third-order valence-corrected chi connectivity index (χ3v) is 6.25. The second-order valence-electron chi connectivity index (χ2n) is 9.57. The maximum Gasteiger partial charge on any atom is 0.422 e. The second kappa shape index (κ2) is 12.2. The van der Waals surface area contributed by atoms with Gasteiger partial charge in [-0.05, 0) is 51.0 Å². The number of likely N-dealkylation sites (tertiary alicyclic amines) is 1. The van der Waals surface area contributed by atoms with E-state index >= 15 is 0 Å². The first-order valence-electron chi connectivity index (χ1n) is 12.7. The molecule has 10 nitrogen and oxygen atoms in total. The van der Waals surface area contributed by atoms with Crippen LogP contribution in [0.4, 0.5) is 43.9 Å².